The summed E-state index contributed by atoms with van der Waals surface area (Å²) in [6.45, 7) is 6.24. The fraction of sp³-hybridized carbons (Fsp3) is 0.909. The first-order valence-electron chi connectivity index (χ1n) is 5.48. The van der Waals surface area contributed by atoms with E-state index in [1.54, 1.807) is 0 Å². The second-order valence-electron chi connectivity index (χ2n) is 4.31. The van der Waals surface area contributed by atoms with Crippen LogP contribution in [0.1, 0.15) is 33.1 Å². The van der Waals surface area contributed by atoms with Crippen molar-refractivity contribution in [1.29, 1.82) is 0 Å². The number of nitrogens with zero attached hydrogens (tertiary/aromatic N) is 1. The second-order valence-corrected chi connectivity index (χ2v) is 4.31. The van der Waals surface area contributed by atoms with Crippen LogP contribution in [0.4, 0.5) is 0 Å². The Balaban J connectivity index is 2.60. The molecule has 3 heteroatoms. The van der Waals surface area contributed by atoms with Crippen LogP contribution in [0.3, 0.4) is 0 Å². The lowest BCUT2D eigenvalue weighted by molar-refractivity contribution is -0.149. The number of piperidine rings is 1. The molecule has 0 N–H and O–H groups in total. The summed E-state index contributed by atoms with van der Waals surface area (Å²) in [5.41, 5.74) is 0. The van der Waals surface area contributed by atoms with Crippen LogP contribution in [0, 0.1) is 5.92 Å². The lowest BCUT2D eigenvalue weighted by atomic mass is 9.99. The minimum absolute atomic E-state index is 0.0414. The number of esters is 1. The fourth-order valence-electron chi connectivity index (χ4n) is 2.16. The van der Waals surface area contributed by atoms with Gasteiger partial charge in [0.25, 0.3) is 0 Å². The van der Waals surface area contributed by atoms with Gasteiger partial charge in [-0.2, -0.15) is 0 Å². The number of rotatable bonds is 3. The minimum Gasteiger partial charge on any atom is -0.468 e. The third-order valence-corrected chi connectivity index (χ3v) is 2.86. The number of methoxy groups -OCH3 is 1. The van der Waals surface area contributed by atoms with Gasteiger partial charge in [0.2, 0.25) is 0 Å². The highest BCUT2D eigenvalue weighted by molar-refractivity contribution is 5.75. The molecule has 14 heavy (non-hydrogen) atoms. The maximum absolute atomic E-state index is 11.6. The lowest BCUT2D eigenvalue weighted by Crippen LogP contribution is -2.47. The summed E-state index contributed by atoms with van der Waals surface area (Å²) >= 11 is 0. The monoisotopic (exact) mass is 199 g/mol. The molecule has 0 radical (unpaired) electrons. The van der Waals surface area contributed by atoms with Crippen LogP contribution < -0.4 is 0 Å². The predicted molar refractivity (Wildman–Crippen MR) is 56.1 cm³/mol. The van der Waals surface area contributed by atoms with Crippen molar-refractivity contribution < 1.29 is 9.53 Å². The van der Waals surface area contributed by atoms with E-state index in [4.69, 9.17) is 4.74 Å². The van der Waals surface area contributed by atoms with Gasteiger partial charge in [-0.3, -0.25) is 9.69 Å². The van der Waals surface area contributed by atoms with Gasteiger partial charge < -0.3 is 4.74 Å². The van der Waals surface area contributed by atoms with Gasteiger partial charge in [-0.15, -0.1) is 0 Å². The average molecular weight is 199 g/mol. The quantitative estimate of drug-likeness (QED) is 0.648. The topological polar surface area (TPSA) is 29.5 Å². The number of likely N-dealkylation sites (tertiary alicyclic amines) is 1. The smallest absolute Gasteiger partial charge is 0.323 e. The zero-order valence-electron chi connectivity index (χ0n) is 9.45. The summed E-state index contributed by atoms with van der Waals surface area (Å²) in [5, 5.41) is 0. The van der Waals surface area contributed by atoms with Crippen molar-refractivity contribution in [2.24, 2.45) is 5.92 Å². The third kappa shape index (κ3) is 2.71. The van der Waals surface area contributed by atoms with E-state index in [1.807, 2.05) is 0 Å². The molecule has 0 aliphatic carbocycles. The largest absolute Gasteiger partial charge is 0.468 e. The van der Waals surface area contributed by atoms with Gasteiger partial charge in [0.1, 0.15) is 6.04 Å². The van der Waals surface area contributed by atoms with E-state index < -0.39 is 0 Å². The van der Waals surface area contributed by atoms with Crippen molar-refractivity contribution in [3.63, 3.8) is 0 Å². The molecule has 0 amide bonds. The maximum atomic E-state index is 11.6. The summed E-state index contributed by atoms with van der Waals surface area (Å²) in [6, 6.07) is -0.0414. The van der Waals surface area contributed by atoms with Crippen LogP contribution in [-0.2, 0) is 9.53 Å². The number of carbonyl (C=O) groups is 1. The molecule has 1 aliphatic rings. The van der Waals surface area contributed by atoms with Crippen LogP contribution in [0.15, 0.2) is 0 Å². The van der Waals surface area contributed by atoms with Gasteiger partial charge in [-0.1, -0.05) is 20.3 Å². The van der Waals surface area contributed by atoms with Gasteiger partial charge in [0.05, 0.1) is 7.11 Å². The summed E-state index contributed by atoms with van der Waals surface area (Å²) in [4.78, 5) is 13.9. The molecule has 0 spiro atoms. The van der Waals surface area contributed by atoms with E-state index in [0.717, 1.165) is 13.1 Å². The molecule has 0 aromatic heterocycles. The summed E-state index contributed by atoms with van der Waals surface area (Å²) in [7, 11) is 1.47. The number of carbonyl (C=O) groups excluding carboxylic acids is 1. The normalized spacial score (nSPS) is 20.9. The molecule has 0 saturated carbocycles. The number of ether oxygens (including phenoxy) is 1. The molecule has 1 atom stereocenters. The van der Waals surface area contributed by atoms with Crippen molar-refractivity contribution in [3.05, 3.63) is 0 Å². The van der Waals surface area contributed by atoms with Gasteiger partial charge >= 0.3 is 5.97 Å². The van der Waals surface area contributed by atoms with Crippen molar-refractivity contribution in [3.8, 4) is 0 Å². The SMILES string of the molecule is COC(=O)C(C(C)C)N1CCCCC1. The Labute approximate surface area is 86.4 Å². The fourth-order valence-corrected chi connectivity index (χ4v) is 2.16. The molecule has 0 bridgehead atoms. The molecule has 1 rings (SSSR count). The van der Waals surface area contributed by atoms with Crippen LogP contribution >= 0.6 is 0 Å². The zero-order chi connectivity index (χ0) is 10.6. The third-order valence-electron chi connectivity index (χ3n) is 2.86. The molecular formula is C11H21NO2. The minimum atomic E-state index is -0.0816. The van der Waals surface area contributed by atoms with E-state index in [-0.39, 0.29) is 12.0 Å². The number of hydrogen-bond acceptors (Lipinski definition) is 3. The molecular weight excluding hydrogens is 178 g/mol. The summed E-state index contributed by atoms with van der Waals surface area (Å²) < 4.78 is 4.85. The van der Waals surface area contributed by atoms with E-state index in [0.29, 0.717) is 5.92 Å². The second kappa shape index (κ2) is 5.35. The molecule has 1 saturated heterocycles. The summed E-state index contributed by atoms with van der Waals surface area (Å²) in [6.07, 6.45) is 3.71. The Morgan fingerprint density at radius 2 is 1.79 bits per heavy atom. The van der Waals surface area contributed by atoms with E-state index in [2.05, 4.69) is 18.7 Å². The standard InChI is InChI=1S/C11H21NO2/c1-9(2)10(11(13)14-3)12-7-5-4-6-8-12/h9-10H,4-8H2,1-3H3. The molecule has 3 nitrogen and oxygen atoms in total. The molecule has 0 aromatic carbocycles. The Hall–Kier alpha value is -0.570. The van der Waals surface area contributed by atoms with Crippen molar-refractivity contribution >= 4 is 5.97 Å². The Bertz CT molecular complexity index is 186. The van der Waals surface area contributed by atoms with Crippen LogP contribution in [0.25, 0.3) is 0 Å². The van der Waals surface area contributed by atoms with Crippen LogP contribution in [-0.4, -0.2) is 37.1 Å². The van der Waals surface area contributed by atoms with E-state index >= 15 is 0 Å². The van der Waals surface area contributed by atoms with Crippen molar-refractivity contribution in [2.75, 3.05) is 20.2 Å². The highest BCUT2D eigenvalue weighted by atomic mass is 16.5. The van der Waals surface area contributed by atoms with Crippen LogP contribution in [0.2, 0.25) is 0 Å². The maximum Gasteiger partial charge on any atom is 0.323 e. The highest BCUT2D eigenvalue weighted by Gasteiger charge is 2.30. The van der Waals surface area contributed by atoms with Crippen molar-refractivity contribution in [2.45, 2.75) is 39.2 Å². The Kier molecular flexibility index (Phi) is 4.39. The van der Waals surface area contributed by atoms with E-state index in [9.17, 15) is 4.79 Å². The first-order chi connectivity index (χ1) is 6.66. The highest BCUT2D eigenvalue weighted by Crippen LogP contribution is 2.18. The summed E-state index contributed by atoms with van der Waals surface area (Å²) in [5.74, 6) is 0.252. The van der Waals surface area contributed by atoms with Gasteiger partial charge in [-0.25, -0.2) is 0 Å². The average Bonchev–Trinajstić information content (AvgIpc) is 2.19. The molecule has 82 valence electrons. The van der Waals surface area contributed by atoms with E-state index in [1.165, 1.54) is 26.4 Å². The lowest BCUT2D eigenvalue weighted by Gasteiger charge is -2.34. The molecule has 1 aliphatic heterocycles. The zero-order valence-corrected chi connectivity index (χ0v) is 9.45. The van der Waals surface area contributed by atoms with Crippen LogP contribution in [0.5, 0.6) is 0 Å². The Morgan fingerprint density at radius 1 is 1.21 bits per heavy atom. The number of hydrogen-bond donors (Lipinski definition) is 0. The Morgan fingerprint density at radius 3 is 2.21 bits per heavy atom. The van der Waals surface area contributed by atoms with Gasteiger partial charge in [0.15, 0.2) is 0 Å². The molecule has 1 unspecified atom stereocenters. The molecule has 1 heterocycles. The van der Waals surface area contributed by atoms with Crippen molar-refractivity contribution in [1.82, 2.24) is 4.90 Å². The first-order valence-corrected chi connectivity index (χ1v) is 5.48. The van der Waals surface area contributed by atoms with Gasteiger partial charge in [0, 0.05) is 0 Å². The first kappa shape index (κ1) is 11.5. The molecule has 1 fully saturated rings. The van der Waals surface area contributed by atoms with Gasteiger partial charge in [-0.05, 0) is 31.8 Å². The predicted octanol–water partition coefficient (Wildman–Crippen LogP) is 1.67. The molecule has 0 aromatic rings.